The Morgan fingerprint density at radius 2 is 2.00 bits per heavy atom. The highest BCUT2D eigenvalue weighted by Gasteiger charge is 2.49. The van der Waals surface area contributed by atoms with Crippen molar-refractivity contribution in [3.63, 3.8) is 0 Å². The summed E-state index contributed by atoms with van der Waals surface area (Å²) < 4.78 is 19.8. The summed E-state index contributed by atoms with van der Waals surface area (Å²) in [6.07, 6.45) is 4.58. The fraction of sp³-hybridized carbons (Fsp3) is 0.500. The maximum absolute atomic E-state index is 14.2. The number of rotatable bonds is 1. The van der Waals surface area contributed by atoms with Gasteiger partial charge < -0.3 is 9.64 Å². The van der Waals surface area contributed by atoms with E-state index in [-0.39, 0.29) is 21.5 Å². The Morgan fingerprint density at radius 1 is 1.18 bits per heavy atom. The van der Waals surface area contributed by atoms with Gasteiger partial charge in [0.25, 0.3) is 0 Å². The molecule has 2 aromatic rings. The van der Waals surface area contributed by atoms with Crippen molar-refractivity contribution in [2.45, 2.75) is 24.8 Å². The Hall–Kier alpha value is -1.24. The smallest absolute Gasteiger partial charge is 0.225 e. The van der Waals surface area contributed by atoms with Crippen LogP contribution in [0.25, 0.3) is 10.9 Å². The van der Waals surface area contributed by atoms with Gasteiger partial charge >= 0.3 is 0 Å². The third kappa shape index (κ3) is 2.21. The van der Waals surface area contributed by atoms with Crippen LogP contribution in [0.5, 0.6) is 0 Å². The predicted octanol–water partition coefficient (Wildman–Crippen LogP) is 3.23. The monoisotopic (exact) mass is 342 g/mol. The lowest BCUT2D eigenvalue weighted by atomic mass is 10.1. The quantitative estimate of drug-likeness (QED) is 0.588. The second kappa shape index (κ2) is 5.15. The van der Waals surface area contributed by atoms with E-state index in [1.165, 1.54) is 6.20 Å². The molecule has 22 heavy (non-hydrogen) atoms. The van der Waals surface area contributed by atoms with Crippen molar-refractivity contribution in [3.05, 3.63) is 22.5 Å². The van der Waals surface area contributed by atoms with Gasteiger partial charge in [-0.3, -0.25) is 0 Å². The Labute approximate surface area is 136 Å². The number of hydrogen-bond acceptors (Lipinski definition) is 5. The van der Waals surface area contributed by atoms with Crippen molar-refractivity contribution in [2.24, 2.45) is 0 Å². The molecule has 0 radical (unpaired) electrons. The van der Waals surface area contributed by atoms with E-state index in [0.29, 0.717) is 24.4 Å². The Bertz CT molecular complexity index is 753. The second-order valence-corrected chi connectivity index (χ2v) is 6.38. The summed E-state index contributed by atoms with van der Waals surface area (Å²) in [5, 5.41) is 0.317. The lowest BCUT2D eigenvalue weighted by molar-refractivity contribution is 0.149. The van der Waals surface area contributed by atoms with Crippen molar-refractivity contribution in [1.29, 1.82) is 0 Å². The van der Waals surface area contributed by atoms with E-state index in [2.05, 4.69) is 19.9 Å². The minimum atomic E-state index is -0.666. The summed E-state index contributed by atoms with van der Waals surface area (Å²) in [7, 11) is 0. The van der Waals surface area contributed by atoms with E-state index in [1.807, 2.05) is 0 Å². The average molecular weight is 343 g/mol. The third-order valence-corrected chi connectivity index (χ3v) is 4.85. The third-order valence-electron chi connectivity index (χ3n) is 4.42. The summed E-state index contributed by atoms with van der Waals surface area (Å²) in [5.74, 6) is -0.0540. The number of fused-ring (bicyclic) bond motifs is 1. The first-order chi connectivity index (χ1) is 10.6. The van der Waals surface area contributed by atoms with E-state index in [4.69, 9.17) is 27.9 Å². The Balaban J connectivity index is 1.92. The molecular weight excluding hydrogens is 330 g/mol. The highest BCUT2D eigenvalue weighted by atomic mass is 35.5. The van der Waals surface area contributed by atoms with E-state index < -0.39 is 5.82 Å². The predicted molar refractivity (Wildman–Crippen MR) is 82.1 cm³/mol. The molecule has 1 aliphatic carbocycles. The summed E-state index contributed by atoms with van der Waals surface area (Å²) in [5.41, 5.74) is 0.146. The molecule has 5 nitrogen and oxygen atoms in total. The summed E-state index contributed by atoms with van der Waals surface area (Å²) in [4.78, 5) is 14.4. The molecule has 1 aliphatic heterocycles. The van der Waals surface area contributed by atoms with Gasteiger partial charge in [-0.25, -0.2) is 14.4 Å². The molecule has 116 valence electrons. The molecule has 0 N–H and O–H groups in total. The molecule has 0 aromatic carbocycles. The molecule has 2 aromatic heterocycles. The topological polar surface area (TPSA) is 51.1 Å². The van der Waals surface area contributed by atoms with Crippen molar-refractivity contribution in [1.82, 2.24) is 15.0 Å². The molecule has 1 saturated heterocycles. The van der Waals surface area contributed by atoms with Crippen LogP contribution >= 0.6 is 23.2 Å². The number of aromatic nitrogens is 3. The highest BCUT2D eigenvalue weighted by Crippen LogP contribution is 2.48. The van der Waals surface area contributed by atoms with Crippen molar-refractivity contribution in [2.75, 3.05) is 24.7 Å². The summed E-state index contributed by atoms with van der Waals surface area (Å²) >= 11 is 11.8. The van der Waals surface area contributed by atoms with Crippen LogP contribution < -0.4 is 4.90 Å². The van der Waals surface area contributed by atoms with Crippen LogP contribution in [0, 0.1) is 5.82 Å². The number of ether oxygens (including phenoxy) is 1. The van der Waals surface area contributed by atoms with Gasteiger partial charge in [-0.2, -0.15) is 4.98 Å². The van der Waals surface area contributed by atoms with Crippen molar-refractivity contribution >= 4 is 39.9 Å². The molecule has 0 bridgehead atoms. The van der Waals surface area contributed by atoms with Gasteiger partial charge in [0.05, 0.1) is 12.0 Å². The highest BCUT2D eigenvalue weighted by molar-refractivity contribution is 6.30. The van der Waals surface area contributed by atoms with Gasteiger partial charge in [0.2, 0.25) is 5.28 Å². The van der Waals surface area contributed by atoms with Gasteiger partial charge in [0.1, 0.15) is 11.3 Å². The van der Waals surface area contributed by atoms with Gasteiger partial charge in [0.15, 0.2) is 11.0 Å². The van der Waals surface area contributed by atoms with Gasteiger partial charge in [-0.05, 0) is 30.9 Å². The Kier molecular flexibility index (Phi) is 3.36. The average Bonchev–Trinajstić information content (AvgIpc) is 3.30. The maximum Gasteiger partial charge on any atom is 0.225 e. The standard InChI is InChI=1S/C14H13Cl2FN4O/c15-11-9(17)10-8(7-18-11)12(20-13(16)19-10)21-4-6-22-5-3-14(21)1-2-14/h7H,1-6H2. The molecular formula is C14H13Cl2FN4O. The molecule has 0 unspecified atom stereocenters. The summed E-state index contributed by atoms with van der Waals surface area (Å²) in [6, 6.07) is 0. The molecule has 0 amide bonds. The maximum atomic E-state index is 14.2. The van der Waals surface area contributed by atoms with Crippen LogP contribution in [-0.4, -0.2) is 40.2 Å². The second-order valence-electron chi connectivity index (χ2n) is 5.68. The first-order valence-electron chi connectivity index (χ1n) is 7.13. The lowest BCUT2D eigenvalue weighted by Crippen LogP contribution is -2.39. The zero-order chi connectivity index (χ0) is 15.3. The molecule has 1 spiro atoms. The fourth-order valence-electron chi connectivity index (χ4n) is 3.09. The van der Waals surface area contributed by atoms with Gasteiger partial charge in [-0.15, -0.1) is 0 Å². The number of hydrogen-bond donors (Lipinski definition) is 0. The van der Waals surface area contributed by atoms with Gasteiger partial charge in [-0.1, -0.05) is 11.6 Å². The molecule has 4 rings (SSSR count). The fourth-order valence-corrected chi connectivity index (χ4v) is 3.39. The van der Waals surface area contributed by atoms with Crippen molar-refractivity contribution < 1.29 is 9.13 Å². The minimum Gasteiger partial charge on any atom is -0.380 e. The summed E-state index contributed by atoms with van der Waals surface area (Å²) in [6.45, 7) is 2.02. The molecule has 3 heterocycles. The van der Waals surface area contributed by atoms with E-state index >= 15 is 0 Å². The first-order valence-corrected chi connectivity index (χ1v) is 7.89. The number of nitrogens with zero attached hydrogens (tertiary/aromatic N) is 4. The molecule has 2 fully saturated rings. The largest absolute Gasteiger partial charge is 0.380 e. The lowest BCUT2D eigenvalue weighted by Gasteiger charge is -2.31. The molecule has 8 heteroatoms. The van der Waals surface area contributed by atoms with E-state index in [9.17, 15) is 4.39 Å². The van der Waals surface area contributed by atoms with Crippen LogP contribution in [0.15, 0.2) is 6.20 Å². The molecule has 1 saturated carbocycles. The molecule has 0 atom stereocenters. The number of halogens is 3. The Morgan fingerprint density at radius 3 is 2.77 bits per heavy atom. The van der Waals surface area contributed by atoms with Crippen LogP contribution in [-0.2, 0) is 4.74 Å². The van der Waals surface area contributed by atoms with Crippen LogP contribution in [0.3, 0.4) is 0 Å². The zero-order valence-corrected chi connectivity index (χ0v) is 13.2. The van der Waals surface area contributed by atoms with Crippen molar-refractivity contribution in [3.8, 4) is 0 Å². The zero-order valence-electron chi connectivity index (χ0n) is 11.7. The van der Waals surface area contributed by atoms with Crippen LogP contribution in [0.1, 0.15) is 19.3 Å². The van der Waals surface area contributed by atoms with E-state index in [1.54, 1.807) is 0 Å². The van der Waals surface area contributed by atoms with Crippen LogP contribution in [0.2, 0.25) is 10.4 Å². The van der Waals surface area contributed by atoms with Crippen LogP contribution in [0.4, 0.5) is 10.2 Å². The SMILES string of the molecule is Fc1c(Cl)ncc2c(N3CCOCCC34CC4)nc(Cl)nc12. The van der Waals surface area contributed by atoms with Gasteiger partial charge in [0, 0.05) is 24.9 Å². The molecule has 2 aliphatic rings. The minimum absolute atomic E-state index is 0.00429. The first kappa shape index (κ1) is 14.4. The number of pyridine rings is 1. The number of anilines is 1. The van der Waals surface area contributed by atoms with E-state index in [0.717, 1.165) is 25.9 Å². The normalized spacial score (nSPS) is 20.4.